The van der Waals surface area contributed by atoms with Crippen molar-refractivity contribution >= 4 is 10.0 Å². The summed E-state index contributed by atoms with van der Waals surface area (Å²) in [5.74, 6) is 0.647. The summed E-state index contributed by atoms with van der Waals surface area (Å²) in [7, 11) is -1.46. The van der Waals surface area contributed by atoms with Gasteiger partial charge >= 0.3 is 0 Å². The molecule has 1 fully saturated rings. The smallest absolute Gasteiger partial charge is 0.214 e. The summed E-state index contributed by atoms with van der Waals surface area (Å²) >= 11 is 0. The molecule has 0 spiro atoms. The Hall–Kier alpha value is -0.130. The molecule has 2 N–H and O–H groups in total. The highest BCUT2D eigenvalue weighted by Crippen LogP contribution is 2.33. The fourth-order valence-electron chi connectivity index (χ4n) is 2.85. The second-order valence-electron chi connectivity index (χ2n) is 6.31. The third-order valence-electron chi connectivity index (χ3n) is 4.45. The van der Waals surface area contributed by atoms with Crippen molar-refractivity contribution in [2.24, 2.45) is 11.7 Å². The van der Waals surface area contributed by atoms with Crippen molar-refractivity contribution in [2.75, 3.05) is 19.3 Å². The van der Waals surface area contributed by atoms with Crippen LogP contribution in [0.2, 0.25) is 0 Å². The van der Waals surface area contributed by atoms with Crippen LogP contribution in [0, 0.1) is 5.92 Å². The number of hydrogen-bond acceptors (Lipinski definition) is 3. The topological polar surface area (TPSA) is 63.4 Å². The molecule has 114 valence electrons. The highest BCUT2D eigenvalue weighted by Gasteiger charge is 2.39. The Kier molecular flexibility index (Phi) is 6.27. The first kappa shape index (κ1) is 16.9. The predicted molar refractivity (Wildman–Crippen MR) is 80.5 cm³/mol. The molecule has 1 saturated carbocycles. The predicted octanol–water partition coefficient (Wildman–Crippen LogP) is 2.35. The number of nitrogens with zero attached hydrogens (tertiary/aromatic N) is 1. The minimum absolute atomic E-state index is 0.239. The number of sulfonamides is 1. The van der Waals surface area contributed by atoms with Crippen molar-refractivity contribution in [3.63, 3.8) is 0 Å². The summed E-state index contributed by atoms with van der Waals surface area (Å²) in [6, 6.07) is 0. The quantitative estimate of drug-likeness (QED) is 0.764. The van der Waals surface area contributed by atoms with Crippen molar-refractivity contribution in [3.8, 4) is 0 Å². The van der Waals surface area contributed by atoms with Gasteiger partial charge in [-0.25, -0.2) is 8.42 Å². The van der Waals surface area contributed by atoms with E-state index in [0.29, 0.717) is 18.9 Å². The normalized spacial score (nSPS) is 20.7. The second-order valence-corrected chi connectivity index (χ2v) is 8.43. The number of nitrogens with two attached hydrogens (primary N) is 1. The molecule has 1 aliphatic rings. The fraction of sp³-hybridized carbons (Fsp3) is 1.00. The molecule has 0 aromatic rings. The van der Waals surface area contributed by atoms with Gasteiger partial charge in [0.1, 0.15) is 0 Å². The molecule has 0 unspecified atom stereocenters. The van der Waals surface area contributed by atoms with Gasteiger partial charge in [0.15, 0.2) is 0 Å². The Morgan fingerprint density at radius 3 is 2.11 bits per heavy atom. The molecule has 0 aliphatic heterocycles. The SMILES string of the molecule is CC(C)CCS(=O)(=O)N(C)C1(CN)CCCCCC1. The average molecular weight is 290 g/mol. The molecule has 5 heteroatoms. The van der Waals surface area contributed by atoms with E-state index >= 15 is 0 Å². The largest absolute Gasteiger partial charge is 0.329 e. The summed E-state index contributed by atoms with van der Waals surface area (Å²) in [6.45, 7) is 4.55. The molecule has 1 rings (SSSR count). The van der Waals surface area contributed by atoms with E-state index in [-0.39, 0.29) is 11.3 Å². The minimum Gasteiger partial charge on any atom is -0.329 e. The molecule has 1 aliphatic carbocycles. The van der Waals surface area contributed by atoms with E-state index in [0.717, 1.165) is 25.7 Å². The lowest BCUT2D eigenvalue weighted by Gasteiger charge is -2.40. The van der Waals surface area contributed by atoms with Gasteiger partial charge in [-0.2, -0.15) is 4.31 Å². The van der Waals surface area contributed by atoms with Crippen molar-refractivity contribution in [3.05, 3.63) is 0 Å². The minimum atomic E-state index is -3.19. The Bertz CT molecular complexity index is 358. The van der Waals surface area contributed by atoms with E-state index in [1.165, 1.54) is 12.8 Å². The first-order valence-electron chi connectivity index (χ1n) is 7.51. The molecule has 0 amide bonds. The van der Waals surface area contributed by atoms with E-state index in [9.17, 15) is 8.42 Å². The first-order chi connectivity index (χ1) is 8.84. The Labute approximate surface area is 118 Å². The van der Waals surface area contributed by atoms with E-state index in [4.69, 9.17) is 5.73 Å². The summed E-state index contributed by atoms with van der Waals surface area (Å²) in [5.41, 5.74) is 5.61. The zero-order valence-electron chi connectivity index (χ0n) is 12.7. The van der Waals surface area contributed by atoms with Crippen molar-refractivity contribution < 1.29 is 8.42 Å². The van der Waals surface area contributed by atoms with Gasteiger partial charge in [-0.15, -0.1) is 0 Å². The highest BCUT2D eigenvalue weighted by atomic mass is 32.2. The van der Waals surface area contributed by atoms with Gasteiger partial charge in [-0.3, -0.25) is 0 Å². The van der Waals surface area contributed by atoms with Crippen LogP contribution < -0.4 is 5.73 Å². The van der Waals surface area contributed by atoms with Crippen LogP contribution in [0.15, 0.2) is 0 Å². The molecule has 4 nitrogen and oxygen atoms in total. The van der Waals surface area contributed by atoms with Crippen LogP contribution in [0.3, 0.4) is 0 Å². The third-order valence-corrected chi connectivity index (χ3v) is 6.43. The third kappa shape index (κ3) is 4.43. The molecule has 0 bridgehead atoms. The fourth-order valence-corrected chi connectivity index (χ4v) is 4.74. The molecular formula is C14H30N2O2S. The van der Waals surface area contributed by atoms with Gasteiger partial charge < -0.3 is 5.73 Å². The summed E-state index contributed by atoms with van der Waals surface area (Å²) in [4.78, 5) is 0. The number of likely N-dealkylation sites (N-methyl/N-ethyl adjacent to an activating group) is 1. The van der Waals surface area contributed by atoms with Crippen LogP contribution in [0.5, 0.6) is 0 Å². The lowest BCUT2D eigenvalue weighted by atomic mass is 9.90. The summed E-state index contributed by atoms with van der Waals surface area (Å²) in [5, 5.41) is 0. The Morgan fingerprint density at radius 1 is 1.16 bits per heavy atom. The zero-order valence-corrected chi connectivity index (χ0v) is 13.5. The van der Waals surface area contributed by atoms with Crippen LogP contribution in [-0.4, -0.2) is 37.6 Å². The summed E-state index contributed by atoms with van der Waals surface area (Å²) < 4.78 is 26.6. The maximum Gasteiger partial charge on any atom is 0.214 e. The number of hydrogen-bond donors (Lipinski definition) is 1. The van der Waals surface area contributed by atoms with Crippen LogP contribution in [0.4, 0.5) is 0 Å². The Morgan fingerprint density at radius 2 is 1.68 bits per heavy atom. The molecule has 0 heterocycles. The monoisotopic (exact) mass is 290 g/mol. The summed E-state index contributed by atoms with van der Waals surface area (Å²) in [6.07, 6.45) is 7.08. The van der Waals surface area contributed by atoms with E-state index < -0.39 is 10.0 Å². The first-order valence-corrected chi connectivity index (χ1v) is 9.12. The molecule has 0 saturated heterocycles. The molecule has 19 heavy (non-hydrogen) atoms. The van der Waals surface area contributed by atoms with Gasteiger partial charge in [0.05, 0.1) is 5.75 Å². The lowest BCUT2D eigenvalue weighted by Crippen LogP contribution is -2.54. The highest BCUT2D eigenvalue weighted by molar-refractivity contribution is 7.89. The number of rotatable bonds is 6. The molecule has 0 atom stereocenters. The zero-order chi connectivity index (χ0) is 14.5. The molecule has 0 radical (unpaired) electrons. The van der Waals surface area contributed by atoms with Crippen molar-refractivity contribution in [2.45, 2.75) is 64.3 Å². The van der Waals surface area contributed by atoms with E-state index in [2.05, 4.69) is 13.8 Å². The maximum absolute atomic E-state index is 12.5. The van der Waals surface area contributed by atoms with Gasteiger partial charge in [0.25, 0.3) is 0 Å². The van der Waals surface area contributed by atoms with Crippen molar-refractivity contribution in [1.29, 1.82) is 0 Å². The van der Waals surface area contributed by atoms with Crippen molar-refractivity contribution in [1.82, 2.24) is 4.31 Å². The second kappa shape index (κ2) is 7.04. The van der Waals surface area contributed by atoms with E-state index in [1.54, 1.807) is 11.4 Å². The van der Waals surface area contributed by atoms with Gasteiger partial charge in [0.2, 0.25) is 10.0 Å². The molecule has 0 aromatic carbocycles. The van der Waals surface area contributed by atoms with Crippen LogP contribution in [0.25, 0.3) is 0 Å². The van der Waals surface area contributed by atoms with Gasteiger partial charge in [-0.05, 0) is 25.2 Å². The van der Waals surface area contributed by atoms with E-state index in [1.807, 2.05) is 0 Å². The maximum atomic E-state index is 12.5. The Balaban J connectivity index is 2.84. The standard InChI is InChI=1S/C14H30N2O2S/c1-13(2)8-11-19(17,18)16(3)14(12-15)9-6-4-5-7-10-14/h13H,4-12,15H2,1-3H3. The lowest BCUT2D eigenvalue weighted by molar-refractivity contribution is 0.195. The van der Waals surface area contributed by atoms with Crippen LogP contribution >= 0.6 is 0 Å². The van der Waals surface area contributed by atoms with Crippen LogP contribution in [-0.2, 0) is 10.0 Å². The van der Waals surface area contributed by atoms with Gasteiger partial charge in [0, 0.05) is 19.1 Å². The van der Waals surface area contributed by atoms with Gasteiger partial charge in [-0.1, -0.05) is 39.5 Å². The molecular weight excluding hydrogens is 260 g/mol. The average Bonchev–Trinajstić information content (AvgIpc) is 2.62. The van der Waals surface area contributed by atoms with Crippen LogP contribution in [0.1, 0.15) is 58.8 Å². The molecule has 0 aromatic heterocycles.